The van der Waals surface area contributed by atoms with Gasteiger partial charge in [0.1, 0.15) is 41.6 Å². The Bertz CT molecular complexity index is 2980. The zero-order chi connectivity index (χ0) is 56.3. The van der Waals surface area contributed by atoms with E-state index in [1.54, 1.807) is 37.7 Å². The van der Waals surface area contributed by atoms with Crippen LogP contribution in [0.5, 0.6) is 5.88 Å². The third-order valence-electron chi connectivity index (χ3n) is 14.5. The standard InChI is InChI=1S/C54H65F2N13O9S/c1-31(59-3)50(73)64-47(54(75)68-18-5-6-42(68)52-63-41(30-79-52)48(72)34-7-9-35(55)10-8-34)33-13-19-67(20-14-33)45(71)16-23-77-25-24-76-22-15-44(70)60-17-21-69-43(27-57)46-39-28-61-49(58)51(62-39)78-32(2)38-26-36(56)11-12-37(38)53(74)66(4)29-40(46)65-69/h7-12,26,28,31-33,41-42,47,59H,5-6,13-25,29-30H2,1-4H3,(H2,58,61)(H,60,70)(H,64,73)/t31-,32+,41?,42-,47-/m0/s1. The predicted molar refractivity (Wildman–Crippen MR) is 286 cm³/mol. The molecule has 8 rings (SSSR count). The SMILES string of the molecule is CN[C@@H](C)C(=O)N[C@H](C(=O)N1CCC[C@H]1C1=NC(C(=O)c2ccc(F)cc2)CS1)C1CCN(C(=O)CCOCCOCCC(=O)NCCn2nc3c(c2C#N)-c2cnc(N)c(n2)O[C@H](C)c2cc(F)ccc2C(=O)N(C)C3)CC1. The Morgan fingerprint density at radius 3 is 2.43 bits per heavy atom. The molecule has 25 heteroatoms. The Morgan fingerprint density at radius 1 is 0.987 bits per heavy atom. The highest BCUT2D eigenvalue weighted by atomic mass is 32.2. The Hall–Kier alpha value is -7.40. The molecule has 4 aromatic rings. The van der Waals surface area contributed by atoms with Gasteiger partial charge in [0.15, 0.2) is 11.6 Å². The number of aliphatic imine (C=N–C) groups is 1. The van der Waals surface area contributed by atoms with Crippen molar-refractivity contribution in [2.45, 2.75) is 95.7 Å². The summed E-state index contributed by atoms with van der Waals surface area (Å²) in [5, 5.41) is 24.5. The number of likely N-dealkylation sites (N-methyl/N-ethyl adjacent to an activating group) is 1. The van der Waals surface area contributed by atoms with E-state index < -0.39 is 41.8 Å². The summed E-state index contributed by atoms with van der Waals surface area (Å²) in [6.45, 7) is 5.39. The fourth-order valence-electron chi connectivity index (χ4n) is 10.0. The van der Waals surface area contributed by atoms with Crippen LogP contribution in [0.2, 0.25) is 0 Å². The number of halogens is 2. The van der Waals surface area contributed by atoms with Gasteiger partial charge in [0, 0.05) is 62.1 Å². The highest BCUT2D eigenvalue weighted by Crippen LogP contribution is 2.35. The number of anilines is 1. The third kappa shape index (κ3) is 13.9. The maximum absolute atomic E-state index is 14.5. The summed E-state index contributed by atoms with van der Waals surface area (Å²) in [7, 11) is 3.23. The van der Waals surface area contributed by atoms with Gasteiger partial charge in [0.2, 0.25) is 23.6 Å². The first kappa shape index (κ1) is 57.8. The minimum Gasteiger partial charge on any atom is -0.467 e. The lowest BCUT2D eigenvalue weighted by Gasteiger charge is -2.38. The second-order valence-electron chi connectivity index (χ2n) is 19.7. The third-order valence-corrected chi connectivity index (χ3v) is 15.6. The van der Waals surface area contributed by atoms with Gasteiger partial charge in [-0.1, -0.05) is 0 Å². The number of amides is 5. The maximum atomic E-state index is 14.5. The molecule has 0 aliphatic carbocycles. The summed E-state index contributed by atoms with van der Waals surface area (Å²) in [5.41, 5.74) is 7.92. The first-order chi connectivity index (χ1) is 38.0. The largest absolute Gasteiger partial charge is 0.467 e. The van der Waals surface area contributed by atoms with Gasteiger partial charge in [0.05, 0.1) is 86.2 Å². The van der Waals surface area contributed by atoms with E-state index in [0.29, 0.717) is 66.5 Å². The number of fused-ring (bicyclic) bond motifs is 5. The zero-order valence-electron chi connectivity index (χ0n) is 44.5. The highest BCUT2D eigenvalue weighted by Gasteiger charge is 2.43. The fourth-order valence-corrected chi connectivity index (χ4v) is 11.2. The lowest BCUT2D eigenvalue weighted by Crippen LogP contribution is -2.58. The van der Waals surface area contributed by atoms with E-state index in [2.05, 4.69) is 37.1 Å². The number of nitrogen functional groups attached to an aromatic ring is 1. The maximum Gasteiger partial charge on any atom is 0.258 e. The molecule has 0 radical (unpaired) electrons. The van der Waals surface area contributed by atoms with Crippen LogP contribution in [0, 0.1) is 28.9 Å². The van der Waals surface area contributed by atoms with Gasteiger partial charge in [-0.05, 0) is 95.0 Å². The van der Waals surface area contributed by atoms with Crippen molar-refractivity contribution in [3.8, 4) is 23.2 Å². The van der Waals surface area contributed by atoms with Crippen molar-refractivity contribution in [1.82, 2.24) is 50.4 Å². The molecule has 2 bridgehead atoms. The number of carbonyl (C=O) groups excluding carboxylic acids is 6. The quantitative estimate of drug-likeness (QED) is 0.0729. The van der Waals surface area contributed by atoms with Crippen LogP contribution in [0.15, 0.2) is 53.7 Å². The van der Waals surface area contributed by atoms with Crippen LogP contribution in [0.1, 0.15) is 96.1 Å². The van der Waals surface area contributed by atoms with Gasteiger partial charge in [0.25, 0.3) is 11.8 Å². The minimum absolute atomic E-state index is 0.0376. The lowest BCUT2D eigenvalue weighted by molar-refractivity contribution is -0.140. The molecule has 2 aromatic carbocycles. The summed E-state index contributed by atoms with van der Waals surface area (Å²) >= 11 is 1.45. The zero-order valence-corrected chi connectivity index (χ0v) is 45.4. The molecule has 79 heavy (non-hydrogen) atoms. The van der Waals surface area contributed by atoms with Crippen LogP contribution in [0.4, 0.5) is 14.6 Å². The Kier molecular flexibility index (Phi) is 19.4. The van der Waals surface area contributed by atoms with E-state index in [9.17, 15) is 42.8 Å². The minimum atomic E-state index is -0.845. The molecule has 4 aliphatic heterocycles. The molecule has 0 saturated carbocycles. The van der Waals surface area contributed by atoms with E-state index in [-0.39, 0.29) is 134 Å². The average Bonchev–Trinajstić information content (AvgIpc) is 4.27. The van der Waals surface area contributed by atoms with Crippen LogP contribution in [-0.4, -0.2) is 171 Å². The molecule has 420 valence electrons. The number of benzene rings is 2. The fraction of sp³-hybridized carbons (Fsp3) is 0.500. The molecule has 0 spiro atoms. The molecular formula is C54H65F2N13O9S. The predicted octanol–water partition coefficient (Wildman–Crippen LogP) is 3.45. The lowest BCUT2D eigenvalue weighted by atomic mass is 9.88. The van der Waals surface area contributed by atoms with Crippen molar-refractivity contribution in [3.05, 3.63) is 88.4 Å². The number of ketones is 1. The van der Waals surface area contributed by atoms with E-state index in [4.69, 9.17) is 24.9 Å². The summed E-state index contributed by atoms with van der Waals surface area (Å²) < 4.78 is 46.6. The monoisotopic (exact) mass is 1110 g/mol. The second kappa shape index (κ2) is 26.5. The molecule has 2 aromatic heterocycles. The van der Waals surface area contributed by atoms with Crippen molar-refractivity contribution in [2.75, 3.05) is 78.2 Å². The number of piperidine rings is 1. The number of nitrogens with zero attached hydrogens (tertiary/aromatic N) is 9. The average molecular weight is 1110 g/mol. The number of hydrogen-bond acceptors (Lipinski definition) is 17. The molecule has 1 unspecified atom stereocenters. The molecule has 2 fully saturated rings. The smallest absolute Gasteiger partial charge is 0.258 e. The van der Waals surface area contributed by atoms with Gasteiger partial charge >= 0.3 is 0 Å². The number of nitrogens with two attached hydrogens (primary N) is 1. The van der Waals surface area contributed by atoms with E-state index in [1.165, 1.54) is 70.0 Å². The van der Waals surface area contributed by atoms with Gasteiger partial charge in [-0.2, -0.15) is 10.4 Å². The topological polar surface area (TPSA) is 282 Å². The van der Waals surface area contributed by atoms with Crippen molar-refractivity contribution in [2.24, 2.45) is 10.9 Å². The summed E-state index contributed by atoms with van der Waals surface area (Å²) in [6, 6.07) is 8.99. The normalized spacial score (nSPS) is 19.2. The van der Waals surface area contributed by atoms with Crippen molar-refractivity contribution >= 4 is 57.9 Å². The first-order valence-corrected chi connectivity index (χ1v) is 27.4. The molecular weight excluding hydrogens is 1040 g/mol. The Labute approximate surface area is 460 Å². The van der Waals surface area contributed by atoms with E-state index in [1.807, 2.05) is 0 Å². The van der Waals surface area contributed by atoms with Crippen molar-refractivity contribution in [3.63, 3.8) is 0 Å². The van der Waals surface area contributed by atoms with E-state index in [0.717, 1.165) is 6.42 Å². The molecule has 5 N–H and O–H groups in total. The molecule has 6 heterocycles. The Morgan fingerprint density at radius 2 is 1.71 bits per heavy atom. The van der Waals surface area contributed by atoms with Crippen LogP contribution < -0.4 is 26.4 Å². The number of aromatic nitrogens is 4. The Balaban J connectivity index is 0.758. The van der Waals surface area contributed by atoms with E-state index >= 15 is 0 Å². The number of Topliss-reactive ketones (excluding diaryl/α,β-unsaturated/α-hetero) is 1. The molecule has 5 amide bonds. The summed E-state index contributed by atoms with van der Waals surface area (Å²) in [6.07, 6.45) is 3.09. The first-order valence-electron chi connectivity index (χ1n) is 26.4. The van der Waals surface area contributed by atoms with Crippen LogP contribution in [0.3, 0.4) is 0 Å². The number of nitrogens with one attached hydrogen (secondary N) is 3. The van der Waals surface area contributed by atoms with Crippen LogP contribution >= 0.6 is 11.8 Å². The number of hydrogen-bond donors (Lipinski definition) is 4. The van der Waals surface area contributed by atoms with Crippen molar-refractivity contribution in [1.29, 1.82) is 5.26 Å². The molecule has 5 atom stereocenters. The number of likely N-dealkylation sites (tertiary alicyclic amines) is 2. The second-order valence-corrected chi connectivity index (χ2v) is 20.8. The molecule has 2 saturated heterocycles. The summed E-state index contributed by atoms with van der Waals surface area (Å²) in [4.78, 5) is 99.2. The van der Waals surface area contributed by atoms with Gasteiger partial charge < -0.3 is 50.6 Å². The van der Waals surface area contributed by atoms with Crippen molar-refractivity contribution < 1.29 is 51.8 Å². The number of rotatable bonds is 20. The number of nitriles is 1. The van der Waals surface area contributed by atoms with Gasteiger partial charge in [-0.25, -0.2) is 18.7 Å². The van der Waals surface area contributed by atoms with Gasteiger partial charge in [-0.15, -0.1) is 11.8 Å². The van der Waals surface area contributed by atoms with Crippen LogP contribution in [-0.2, 0) is 41.7 Å². The molecule has 4 aliphatic rings. The summed E-state index contributed by atoms with van der Waals surface area (Å²) in [5.74, 6) is -2.50. The number of ether oxygens (including phenoxy) is 3. The molecule has 22 nitrogen and oxygen atoms in total. The van der Waals surface area contributed by atoms with Crippen LogP contribution in [0.25, 0.3) is 11.3 Å². The van der Waals surface area contributed by atoms with Gasteiger partial charge in [-0.3, -0.25) is 38.4 Å². The number of carbonyl (C=O) groups is 6. The highest BCUT2D eigenvalue weighted by molar-refractivity contribution is 8.14. The number of thioether (sulfide) groups is 1.